The molecule has 4 rings (SSSR count). The van der Waals surface area contributed by atoms with Gasteiger partial charge < -0.3 is 4.90 Å². The SMILES string of the molecule is O=C1N(C2CCC2)C(c2ccc(F)c(F)c2)NC12CC2. The maximum absolute atomic E-state index is 13.5. The molecule has 1 unspecified atom stereocenters. The summed E-state index contributed by atoms with van der Waals surface area (Å²) in [7, 11) is 0. The lowest BCUT2D eigenvalue weighted by molar-refractivity contribution is -0.134. The van der Waals surface area contributed by atoms with Gasteiger partial charge in [0.2, 0.25) is 5.91 Å². The number of carbonyl (C=O) groups is 1. The van der Waals surface area contributed by atoms with Gasteiger partial charge in [0, 0.05) is 6.04 Å². The highest BCUT2D eigenvalue weighted by atomic mass is 19.2. The van der Waals surface area contributed by atoms with Crippen molar-refractivity contribution in [2.24, 2.45) is 0 Å². The molecule has 1 aromatic rings. The van der Waals surface area contributed by atoms with E-state index in [0.717, 1.165) is 38.2 Å². The smallest absolute Gasteiger partial charge is 0.244 e. The summed E-state index contributed by atoms with van der Waals surface area (Å²) in [6.07, 6.45) is 4.51. The number of halogens is 2. The standard InChI is InChI=1S/C15H16F2N2O/c16-11-5-4-9(8-12(11)17)13-18-15(6-7-15)14(20)19(13)10-2-1-3-10/h4-5,8,10,13,18H,1-3,6-7H2. The maximum Gasteiger partial charge on any atom is 0.244 e. The Labute approximate surface area is 116 Å². The van der Waals surface area contributed by atoms with Crippen molar-refractivity contribution in [2.45, 2.75) is 49.9 Å². The molecule has 5 heteroatoms. The third-order valence-corrected chi connectivity index (χ3v) is 4.81. The largest absolute Gasteiger partial charge is 0.318 e. The Morgan fingerprint density at radius 1 is 1.20 bits per heavy atom. The molecule has 3 fully saturated rings. The van der Waals surface area contributed by atoms with Crippen molar-refractivity contribution in [3.8, 4) is 0 Å². The number of benzene rings is 1. The fraction of sp³-hybridized carbons (Fsp3) is 0.533. The molecule has 1 spiro atoms. The third-order valence-electron chi connectivity index (χ3n) is 4.81. The third kappa shape index (κ3) is 1.62. The molecular formula is C15H16F2N2O. The van der Waals surface area contributed by atoms with Crippen molar-refractivity contribution in [1.82, 2.24) is 10.2 Å². The van der Waals surface area contributed by atoms with E-state index >= 15 is 0 Å². The van der Waals surface area contributed by atoms with Gasteiger partial charge in [-0.15, -0.1) is 0 Å². The minimum Gasteiger partial charge on any atom is -0.318 e. The van der Waals surface area contributed by atoms with Crippen molar-refractivity contribution in [1.29, 1.82) is 0 Å². The molecule has 1 heterocycles. The summed E-state index contributed by atoms with van der Waals surface area (Å²) in [5, 5.41) is 3.34. The van der Waals surface area contributed by atoms with Crippen LogP contribution in [0.2, 0.25) is 0 Å². The number of carbonyl (C=O) groups excluding carboxylic acids is 1. The molecule has 0 bridgehead atoms. The van der Waals surface area contributed by atoms with E-state index in [2.05, 4.69) is 5.32 Å². The minimum absolute atomic E-state index is 0.136. The zero-order valence-corrected chi connectivity index (χ0v) is 11.0. The summed E-state index contributed by atoms with van der Waals surface area (Å²) in [5.74, 6) is -1.58. The van der Waals surface area contributed by atoms with Crippen molar-refractivity contribution < 1.29 is 13.6 Å². The number of amides is 1. The highest BCUT2D eigenvalue weighted by molar-refractivity contribution is 5.92. The van der Waals surface area contributed by atoms with Crippen LogP contribution in [-0.4, -0.2) is 22.4 Å². The van der Waals surface area contributed by atoms with Gasteiger partial charge in [0.1, 0.15) is 11.7 Å². The molecule has 2 saturated carbocycles. The van der Waals surface area contributed by atoms with Crippen LogP contribution >= 0.6 is 0 Å². The monoisotopic (exact) mass is 278 g/mol. The van der Waals surface area contributed by atoms with Gasteiger partial charge in [-0.3, -0.25) is 10.1 Å². The lowest BCUT2D eigenvalue weighted by Crippen LogP contribution is -2.44. The molecule has 0 aromatic heterocycles. The Morgan fingerprint density at radius 2 is 1.95 bits per heavy atom. The van der Waals surface area contributed by atoms with Crippen LogP contribution in [0.3, 0.4) is 0 Å². The van der Waals surface area contributed by atoms with Crippen LogP contribution in [0.15, 0.2) is 18.2 Å². The number of hydrogen-bond donors (Lipinski definition) is 1. The second kappa shape index (κ2) is 4.01. The number of rotatable bonds is 2. The van der Waals surface area contributed by atoms with Gasteiger partial charge in [0.25, 0.3) is 0 Å². The quantitative estimate of drug-likeness (QED) is 0.901. The van der Waals surface area contributed by atoms with Crippen LogP contribution in [0, 0.1) is 11.6 Å². The predicted molar refractivity (Wildman–Crippen MR) is 68.7 cm³/mol. The zero-order valence-electron chi connectivity index (χ0n) is 11.0. The minimum atomic E-state index is -0.859. The average molecular weight is 278 g/mol. The van der Waals surface area contributed by atoms with E-state index in [0.29, 0.717) is 5.56 Å². The summed E-state index contributed by atoms with van der Waals surface area (Å²) in [5.41, 5.74) is 0.207. The van der Waals surface area contributed by atoms with Crippen molar-refractivity contribution >= 4 is 5.91 Å². The second-order valence-electron chi connectivity index (χ2n) is 6.10. The molecule has 2 aliphatic carbocycles. The van der Waals surface area contributed by atoms with Gasteiger partial charge in [-0.2, -0.15) is 0 Å². The van der Waals surface area contributed by atoms with Crippen LogP contribution in [0.25, 0.3) is 0 Å². The van der Waals surface area contributed by atoms with E-state index in [-0.39, 0.29) is 18.1 Å². The molecule has 1 saturated heterocycles. The van der Waals surface area contributed by atoms with Crippen LogP contribution in [0.4, 0.5) is 8.78 Å². The van der Waals surface area contributed by atoms with Gasteiger partial charge in [-0.05, 0) is 49.8 Å². The first-order valence-electron chi connectivity index (χ1n) is 7.16. The Kier molecular flexibility index (Phi) is 2.46. The van der Waals surface area contributed by atoms with Gasteiger partial charge in [-0.25, -0.2) is 8.78 Å². The maximum atomic E-state index is 13.5. The first-order chi connectivity index (χ1) is 9.61. The zero-order chi connectivity index (χ0) is 13.9. The topological polar surface area (TPSA) is 32.3 Å². The Bertz CT molecular complexity index is 581. The average Bonchev–Trinajstić information content (AvgIpc) is 3.09. The molecule has 1 amide bonds. The molecule has 1 aromatic carbocycles. The summed E-state index contributed by atoms with van der Waals surface area (Å²) < 4.78 is 26.5. The van der Waals surface area contributed by atoms with Gasteiger partial charge >= 0.3 is 0 Å². The van der Waals surface area contributed by atoms with Gasteiger partial charge in [0.05, 0.1) is 0 Å². The van der Waals surface area contributed by atoms with E-state index in [9.17, 15) is 13.6 Å². The van der Waals surface area contributed by atoms with E-state index in [1.807, 2.05) is 4.90 Å². The summed E-state index contributed by atoms with van der Waals surface area (Å²) in [4.78, 5) is 14.4. The number of nitrogens with one attached hydrogen (secondary N) is 1. The van der Waals surface area contributed by atoms with Crippen LogP contribution < -0.4 is 5.32 Å². The Hall–Kier alpha value is -1.49. The molecular weight excluding hydrogens is 262 g/mol. The second-order valence-corrected chi connectivity index (χ2v) is 6.10. The summed E-state index contributed by atoms with van der Waals surface area (Å²) in [6.45, 7) is 0. The first-order valence-corrected chi connectivity index (χ1v) is 7.16. The molecule has 3 nitrogen and oxygen atoms in total. The number of hydrogen-bond acceptors (Lipinski definition) is 2. The lowest BCUT2D eigenvalue weighted by atomic mass is 9.90. The molecule has 106 valence electrons. The Morgan fingerprint density at radius 3 is 2.50 bits per heavy atom. The molecule has 1 aliphatic heterocycles. The lowest BCUT2D eigenvalue weighted by Gasteiger charge is -2.38. The molecule has 1 atom stereocenters. The van der Waals surface area contributed by atoms with Crippen molar-refractivity contribution in [3.05, 3.63) is 35.4 Å². The first kappa shape index (κ1) is 12.3. The van der Waals surface area contributed by atoms with E-state index in [1.54, 1.807) is 6.07 Å². The number of nitrogens with zero attached hydrogens (tertiary/aromatic N) is 1. The summed E-state index contributed by atoms with van der Waals surface area (Å²) >= 11 is 0. The van der Waals surface area contributed by atoms with Gasteiger partial charge in [0.15, 0.2) is 11.6 Å². The van der Waals surface area contributed by atoms with Gasteiger partial charge in [-0.1, -0.05) is 6.07 Å². The molecule has 0 radical (unpaired) electrons. The fourth-order valence-corrected chi connectivity index (χ4v) is 3.21. The van der Waals surface area contributed by atoms with Crippen molar-refractivity contribution in [3.63, 3.8) is 0 Å². The predicted octanol–water partition coefficient (Wildman–Crippen LogP) is 2.48. The van der Waals surface area contributed by atoms with Crippen LogP contribution in [0.5, 0.6) is 0 Å². The van der Waals surface area contributed by atoms with Crippen LogP contribution in [0.1, 0.15) is 43.8 Å². The Balaban J connectivity index is 1.71. The van der Waals surface area contributed by atoms with Crippen LogP contribution in [-0.2, 0) is 4.79 Å². The molecule has 20 heavy (non-hydrogen) atoms. The van der Waals surface area contributed by atoms with Crippen molar-refractivity contribution in [2.75, 3.05) is 0 Å². The molecule has 3 aliphatic rings. The van der Waals surface area contributed by atoms with E-state index in [4.69, 9.17) is 0 Å². The normalized spacial score (nSPS) is 28.0. The van der Waals surface area contributed by atoms with E-state index < -0.39 is 17.2 Å². The summed E-state index contributed by atoms with van der Waals surface area (Å²) in [6, 6.07) is 4.14. The highest BCUT2D eigenvalue weighted by Crippen LogP contribution is 2.48. The molecule has 1 N–H and O–H groups in total. The fourth-order valence-electron chi connectivity index (χ4n) is 3.21. The highest BCUT2D eigenvalue weighted by Gasteiger charge is 2.60. The van der Waals surface area contributed by atoms with E-state index in [1.165, 1.54) is 6.07 Å².